The average Bonchev–Trinajstić information content (AvgIpc) is 3.39. The Morgan fingerprint density at radius 3 is 2.74 bits per heavy atom. The first kappa shape index (κ1) is 21.3. The third-order valence-electron chi connectivity index (χ3n) is 5.14. The summed E-state index contributed by atoms with van der Waals surface area (Å²) in [5.41, 5.74) is 3.54. The number of hydrogen-bond acceptors (Lipinski definition) is 5. The second-order valence-corrected chi connectivity index (χ2v) is 8.96. The normalized spacial score (nSPS) is 15.7. The van der Waals surface area contributed by atoms with Crippen molar-refractivity contribution in [2.75, 3.05) is 17.2 Å². The van der Waals surface area contributed by atoms with Gasteiger partial charge in [0, 0.05) is 22.9 Å². The highest BCUT2D eigenvalue weighted by Gasteiger charge is 2.33. The van der Waals surface area contributed by atoms with Crippen LogP contribution in [-0.2, 0) is 0 Å². The van der Waals surface area contributed by atoms with E-state index in [4.69, 9.17) is 11.6 Å². The molecule has 2 heterocycles. The van der Waals surface area contributed by atoms with Crippen molar-refractivity contribution in [1.82, 2.24) is 15.1 Å². The van der Waals surface area contributed by atoms with E-state index >= 15 is 0 Å². The Balaban J connectivity index is 1.46. The van der Waals surface area contributed by atoms with E-state index in [-0.39, 0.29) is 23.0 Å². The van der Waals surface area contributed by atoms with Gasteiger partial charge in [-0.05, 0) is 56.5 Å². The molecule has 3 aromatic rings. The fraction of sp³-hybridized carbons (Fsp3) is 0.273. The monoisotopic (exact) mass is 455 g/mol. The molecule has 2 N–H and O–H groups in total. The average molecular weight is 456 g/mol. The van der Waals surface area contributed by atoms with Crippen molar-refractivity contribution >= 4 is 46.3 Å². The van der Waals surface area contributed by atoms with Crippen LogP contribution in [0.4, 0.5) is 16.2 Å². The summed E-state index contributed by atoms with van der Waals surface area (Å²) in [5.74, 6) is -0.352. The van der Waals surface area contributed by atoms with Crippen LogP contribution in [-0.4, -0.2) is 33.6 Å². The Morgan fingerprint density at radius 2 is 1.97 bits per heavy atom. The smallest absolute Gasteiger partial charge is 0.320 e. The Morgan fingerprint density at radius 1 is 1.13 bits per heavy atom. The van der Waals surface area contributed by atoms with Gasteiger partial charge in [0.2, 0.25) is 5.01 Å². The Labute approximate surface area is 189 Å². The van der Waals surface area contributed by atoms with Gasteiger partial charge in [0.1, 0.15) is 5.01 Å². The number of aryl methyl sites for hydroxylation is 2. The number of carbonyl (C=O) groups excluding carboxylic acids is 2. The van der Waals surface area contributed by atoms with E-state index in [1.165, 1.54) is 11.3 Å². The number of anilines is 2. The maximum absolute atomic E-state index is 12.9. The van der Waals surface area contributed by atoms with E-state index in [1.807, 2.05) is 32.0 Å². The second kappa shape index (κ2) is 9.03. The SMILES string of the molecule is Cc1ccc(NC(=O)N2CCC[C@@H]2c2nnc(C(=O)Nc3cccc(Cl)c3)s2)c(C)c1. The highest BCUT2D eigenvalue weighted by molar-refractivity contribution is 7.13. The van der Waals surface area contributed by atoms with E-state index in [0.717, 1.165) is 29.7 Å². The van der Waals surface area contributed by atoms with Gasteiger partial charge in [0.15, 0.2) is 0 Å². The molecule has 7 nitrogen and oxygen atoms in total. The number of likely N-dealkylation sites (tertiary alicyclic amines) is 1. The van der Waals surface area contributed by atoms with Crippen LogP contribution in [0.2, 0.25) is 5.02 Å². The molecular formula is C22H22ClN5O2S. The summed E-state index contributed by atoms with van der Waals surface area (Å²) in [6, 6.07) is 12.5. The first-order valence-electron chi connectivity index (χ1n) is 9.96. The summed E-state index contributed by atoms with van der Waals surface area (Å²) >= 11 is 7.17. The molecule has 160 valence electrons. The Kier molecular flexibility index (Phi) is 6.20. The van der Waals surface area contributed by atoms with E-state index in [2.05, 4.69) is 20.8 Å². The zero-order valence-corrected chi connectivity index (χ0v) is 18.8. The fourth-order valence-corrected chi connectivity index (χ4v) is 4.70. The summed E-state index contributed by atoms with van der Waals surface area (Å²) in [4.78, 5) is 27.2. The molecule has 0 spiro atoms. The van der Waals surface area contributed by atoms with Gasteiger partial charge in [-0.15, -0.1) is 10.2 Å². The second-order valence-electron chi connectivity index (χ2n) is 7.51. The summed E-state index contributed by atoms with van der Waals surface area (Å²) in [7, 11) is 0. The number of nitrogens with zero attached hydrogens (tertiary/aromatic N) is 3. The number of halogens is 1. The molecule has 31 heavy (non-hydrogen) atoms. The van der Waals surface area contributed by atoms with Gasteiger partial charge in [-0.25, -0.2) is 4.79 Å². The minimum atomic E-state index is -0.352. The van der Waals surface area contributed by atoms with Crippen LogP contribution in [0.15, 0.2) is 42.5 Å². The molecule has 1 aliphatic heterocycles. The van der Waals surface area contributed by atoms with Gasteiger partial charge in [-0.2, -0.15) is 0 Å². The van der Waals surface area contributed by atoms with Gasteiger partial charge in [0.25, 0.3) is 5.91 Å². The Hall–Kier alpha value is -2.97. The number of nitrogens with one attached hydrogen (secondary N) is 2. The molecule has 1 aliphatic rings. The quantitative estimate of drug-likeness (QED) is 0.549. The van der Waals surface area contributed by atoms with Crippen LogP contribution in [0, 0.1) is 13.8 Å². The van der Waals surface area contributed by atoms with E-state index in [1.54, 1.807) is 29.2 Å². The number of aromatic nitrogens is 2. The standard InChI is InChI=1S/C22H22ClN5O2S/c1-13-8-9-17(14(2)11-13)25-22(30)28-10-4-7-18(28)20-26-27-21(31-20)19(29)24-16-6-3-5-15(23)12-16/h3,5-6,8-9,11-12,18H,4,7,10H2,1-2H3,(H,24,29)(H,25,30)/t18-/m1/s1. The van der Waals surface area contributed by atoms with Crippen LogP contribution in [0.1, 0.15) is 44.8 Å². The van der Waals surface area contributed by atoms with Gasteiger partial charge >= 0.3 is 6.03 Å². The van der Waals surface area contributed by atoms with Gasteiger partial charge in [-0.1, -0.05) is 46.7 Å². The number of amides is 3. The molecule has 1 fully saturated rings. The zero-order chi connectivity index (χ0) is 22.0. The third kappa shape index (κ3) is 4.86. The number of hydrogen-bond donors (Lipinski definition) is 2. The highest BCUT2D eigenvalue weighted by atomic mass is 35.5. The topological polar surface area (TPSA) is 87.2 Å². The lowest BCUT2D eigenvalue weighted by atomic mass is 10.1. The van der Waals surface area contributed by atoms with Crippen molar-refractivity contribution in [2.45, 2.75) is 32.7 Å². The van der Waals surface area contributed by atoms with Crippen LogP contribution in [0.25, 0.3) is 0 Å². The molecule has 0 bridgehead atoms. The van der Waals surface area contributed by atoms with Crippen LogP contribution < -0.4 is 10.6 Å². The molecule has 0 radical (unpaired) electrons. The lowest BCUT2D eigenvalue weighted by Crippen LogP contribution is -2.34. The summed E-state index contributed by atoms with van der Waals surface area (Å²) in [6.45, 7) is 4.62. The minimum absolute atomic E-state index is 0.172. The first-order chi connectivity index (χ1) is 14.9. The number of carbonyl (C=O) groups is 2. The maximum Gasteiger partial charge on any atom is 0.322 e. The summed E-state index contributed by atoms with van der Waals surface area (Å²) in [6.07, 6.45) is 1.65. The number of urea groups is 1. The van der Waals surface area contributed by atoms with Crippen molar-refractivity contribution in [3.8, 4) is 0 Å². The van der Waals surface area contributed by atoms with Crippen molar-refractivity contribution < 1.29 is 9.59 Å². The van der Waals surface area contributed by atoms with Crippen LogP contribution >= 0.6 is 22.9 Å². The lowest BCUT2D eigenvalue weighted by molar-refractivity contribution is 0.102. The summed E-state index contributed by atoms with van der Waals surface area (Å²) in [5, 5.41) is 15.5. The molecule has 0 aliphatic carbocycles. The molecule has 1 atom stereocenters. The summed E-state index contributed by atoms with van der Waals surface area (Å²) < 4.78 is 0. The molecule has 9 heteroatoms. The van der Waals surface area contributed by atoms with Crippen LogP contribution in [0.3, 0.4) is 0 Å². The van der Waals surface area contributed by atoms with Gasteiger partial charge < -0.3 is 15.5 Å². The largest absolute Gasteiger partial charge is 0.322 e. The lowest BCUT2D eigenvalue weighted by Gasteiger charge is -2.23. The molecule has 4 rings (SSSR count). The van der Waals surface area contributed by atoms with Crippen molar-refractivity contribution in [2.24, 2.45) is 0 Å². The molecule has 0 unspecified atom stereocenters. The Bertz CT molecular complexity index is 1130. The molecular weight excluding hydrogens is 434 g/mol. The number of rotatable bonds is 4. The molecule has 2 aromatic carbocycles. The van der Waals surface area contributed by atoms with E-state index in [0.29, 0.717) is 22.3 Å². The molecule has 0 saturated carbocycles. The minimum Gasteiger partial charge on any atom is -0.320 e. The maximum atomic E-state index is 12.9. The first-order valence-corrected chi connectivity index (χ1v) is 11.2. The van der Waals surface area contributed by atoms with Crippen molar-refractivity contribution in [3.63, 3.8) is 0 Å². The van der Waals surface area contributed by atoms with Gasteiger partial charge in [-0.3, -0.25) is 4.79 Å². The molecule has 1 aromatic heterocycles. The highest BCUT2D eigenvalue weighted by Crippen LogP contribution is 2.34. The number of benzene rings is 2. The zero-order valence-electron chi connectivity index (χ0n) is 17.2. The fourth-order valence-electron chi connectivity index (χ4n) is 3.62. The predicted octanol–water partition coefficient (Wildman–Crippen LogP) is 5.43. The predicted molar refractivity (Wildman–Crippen MR) is 123 cm³/mol. The molecule has 3 amide bonds. The third-order valence-corrected chi connectivity index (χ3v) is 6.40. The van der Waals surface area contributed by atoms with Gasteiger partial charge in [0.05, 0.1) is 6.04 Å². The van der Waals surface area contributed by atoms with E-state index in [9.17, 15) is 9.59 Å². The van der Waals surface area contributed by atoms with Crippen LogP contribution in [0.5, 0.6) is 0 Å². The van der Waals surface area contributed by atoms with Crippen molar-refractivity contribution in [3.05, 3.63) is 68.6 Å². The van der Waals surface area contributed by atoms with Crippen molar-refractivity contribution in [1.29, 1.82) is 0 Å². The van der Waals surface area contributed by atoms with E-state index < -0.39 is 0 Å². The molecule has 1 saturated heterocycles.